The SMILES string of the molecule is CCN(C(=O)Cc1cscn1)C1CCS(=O)(=O)C1. The van der Waals surface area contributed by atoms with Crippen molar-refractivity contribution in [1.82, 2.24) is 9.88 Å². The van der Waals surface area contributed by atoms with Crippen LogP contribution in [0.3, 0.4) is 0 Å². The average Bonchev–Trinajstić information content (AvgIpc) is 2.89. The van der Waals surface area contributed by atoms with Crippen molar-refractivity contribution < 1.29 is 13.2 Å². The molecule has 1 saturated heterocycles. The van der Waals surface area contributed by atoms with E-state index in [2.05, 4.69) is 4.98 Å². The number of sulfone groups is 1. The van der Waals surface area contributed by atoms with E-state index in [9.17, 15) is 13.2 Å². The molecule has 1 amide bonds. The van der Waals surface area contributed by atoms with Gasteiger partial charge in [-0.3, -0.25) is 4.79 Å². The van der Waals surface area contributed by atoms with Crippen LogP contribution in [0.15, 0.2) is 10.9 Å². The molecule has 1 unspecified atom stereocenters. The van der Waals surface area contributed by atoms with Gasteiger partial charge in [0.1, 0.15) is 0 Å². The lowest BCUT2D eigenvalue weighted by molar-refractivity contribution is -0.132. The molecule has 0 bridgehead atoms. The average molecular weight is 288 g/mol. The molecule has 0 radical (unpaired) electrons. The molecular weight excluding hydrogens is 272 g/mol. The predicted molar refractivity (Wildman–Crippen MR) is 70.3 cm³/mol. The fourth-order valence-electron chi connectivity index (χ4n) is 2.24. The summed E-state index contributed by atoms with van der Waals surface area (Å²) in [6.45, 7) is 2.42. The van der Waals surface area contributed by atoms with E-state index in [-0.39, 0.29) is 29.9 Å². The van der Waals surface area contributed by atoms with Gasteiger partial charge in [0.2, 0.25) is 5.91 Å². The van der Waals surface area contributed by atoms with E-state index in [0.717, 1.165) is 5.69 Å². The number of aromatic nitrogens is 1. The summed E-state index contributed by atoms with van der Waals surface area (Å²) in [7, 11) is -2.95. The van der Waals surface area contributed by atoms with E-state index in [1.807, 2.05) is 12.3 Å². The van der Waals surface area contributed by atoms with Crippen molar-refractivity contribution in [3.05, 3.63) is 16.6 Å². The lowest BCUT2D eigenvalue weighted by Gasteiger charge is -2.26. The largest absolute Gasteiger partial charge is 0.339 e. The first-order valence-corrected chi connectivity index (χ1v) is 8.65. The number of amides is 1. The van der Waals surface area contributed by atoms with E-state index in [0.29, 0.717) is 13.0 Å². The number of nitrogens with zero attached hydrogens (tertiary/aromatic N) is 2. The molecule has 0 aliphatic carbocycles. The Kier molecular flexibility index (Phi) is 4.01. The van der Waals surface area contributed by atoms with Crippen molar-refractivity contribution in [3.8, 4) is 0 Å². The van der Waals surface area contributed by atoms with Crippen molar-refractivity contribution in [3.63, 3.8) is 0 Å². The van der Waals surface area contributed by atoms with E-state index < -0.39 is 9.84 Å². The summed E-state index contributed by atoms with van der Waals surface area (Å²) < 4.78 is 22.9. The molecule has 7 heteroatoms. The summed E-state index contributed by atoms with van der Waals surface area (Å²) in [6, 6.07) is -0.161. The van der Waals surface area contributed by atoms with E-state index in [4.69, 9.17) is 0 Å². The van der Waals surface area contributed by atoms with Crippen molar-refractivity contribution in [2.45, 2.75) is 25.8 Å². The first kappa shape index (κ1) is 13.5. The number of rotatable bonds is 4. The van der Waals surface area contributed by atoms with Crippen LogP contribution < -0.4 is 0 Å². The number of carbonyl (C=O) groups is 1. The van der Waals surface area contributed by atoms with Crippen molar-refractivity contribution in [2.24, 2.45) is 0 Å². The van der Waals surface area contributed by atoms with Gasteiger partial charge in [-0.25, -0.2) is 13.4 Å². The van der Waals surface area contributed by atoms with Gasteiger partial charge in [-0.2, -0.15) is 0 Å². The third-order valence-corrected chi connectivity index (χ3v) is 5.51. The summed E-state index contributed by atoms with van der Waals surface area (Å²) in [5.74, 6) is 0.257. The molecule has 0 spiro atoms. The van der Waals surface area contributed by atoms with Gasteiger partial charge < -0.3 is 4.90 Å². The minimum Gasteiger partial charge on any atom is -0.339 e. The predicted octanol–water partition coefficient (Wildman–Crippen LogP) is 0.721. The van der Waals surface area contributed by atoms with E-state index in [1.165, 1.54) is 11.3 Å². The van der Waals surface area contributed by atoms with Crippen LogP contribution in [-0.4, -0.2) is 48.3 Å². The Balaban J connectivity index is 2.03. The van der Waals surface area contributed by atoms with Crippen LogP contribution >= 0.6 is 11.3 Å². The minimum absolute atomic E-state index is 0.0366. The molecule has 100 valence electrons. The zero-order valence-electron chi connectivity index (χ0n) is 10.2. The maximum Gasteiger partial charge on any atom is 0.228 e. The number of hydrogen-bond donors (Lipinski definition) is 0. The second-order valence-electron chi connectivity index (χ2n) is 4.39. The molecule has 1 fully saturated rings. The summed E-state index contributed by atoms with van der Waals surface area (Å²) in [5, 5.41) is 1.84. The second-order valence-corrected chi connectivity index (χ2v) is 7.34. The van der Waals surface area contributed by atoms with Crippen LogP contribution in [0.5, 0.6) is 0 Å². The van der Waals surface area contributed by atoms with Gasteiger partial charge in [0, 0.05) is 18.0 Å². The highest BCUT2D eigenvalue weighted by Crippen LogP contribution is 2.18. The van der Waals surface area contributed by atoms with Gasteiger partial charge in [-0.15, -0.1) is 11.3 Å². The Morgan fingerprint density at radius 3 is 2.89 bits per heavy atom. The van der Waals surface area contributed by atoms with Gasteiger partial charge in [0.05, 0.1) is 29.1 Å². The topological polar surface area (TPSA) is 67.3 Å². The molecule has 0 saturated carbocycles. The number of hydrogen-bond acceptors (Lipinski definition) is 5. The monoisotopic (exact) mass is 288 g/mol. The molecule has 0 N–H and O–H groups in total. The third-order valence-electron chi connectivity index (χ3n) is 3.13. The quantitative estimate of drug-likeness (QED) is 0.819. The fraction of sp³-hybridized carbons (Fsp3) is 0.636. The molecule has 0 aromatic carbocycles. The Morgan fingerprint density at radius 2 is 2.39 bits per heavy atom. The molecule has 18 heavy (non-hydrogen) atoms. The molecule has 1 aromatic heterocycles. The summed E-state index contributed by atoms with van der Waals surface area (Å²) in [5.41, 5.74) is 2.45. The van der Waals surface area contributed by atoms with E-state index in [1.54, 1.807) is 10.4 Å². The summed E-state index contributed by atoms with van der Waals surface area (Å²) >= 11 is 1.46. The van der Waals surface area contributed by atoms with Gasteiger partial charge in [0.15, 0.2) is 9.84 Å². The highest BCUT2D eigenvalue weighted by Gasteiger charge is 2.33. The molecule has 1 aliphatic heterocycles. The summed E-state index contributed by atoms with van der Waals surface area (Å²) in [4.78, 5) is 17.9. The molecule has 2 rings (SSSR count). The molecule has 5 nitrogen and oxygen atoms in total. The number of likely N-dealkylation sites (N-methyl/N-ethyl adjacent to an activating group) is 1. The number of carbonyl (C=O) groups excluding carboxylic acids is 1. The van der Waals surface area contributed by atoms with Crippen LogP contribution in [0.25, 0.3) is 0 Å². The third kappa shape index (κ3) is 3.08. The van der Waals surface area contributed by atoms with Crippen LogP contribution in [0.1, 0.15) is 19.0 Å². The standard InChI is InChI=1S/C11H16N2O3S2/c1-2-13(10-3-4-18(15,16)7-10)11(14)5-9-6-17-8-12-9/h6,8,10H,2-5,7H2,1H3. The van der Waals surface area contributed by atoms with Crippen molar-refractivity contribution >= 4 is 27.1 Å². The highest BCUT2D eigenvalue weighted by atomic mass is 32.2. The van der Waals surface area contributed by atoms with Crippen LogP contribution in [0, 0.1) is 0 Å². The van der Waals surface area contributed by atoms with Crippen molar-refractivity contribution in [2.75, 3.05) is 18.1 Å². The second kappa shape index (κ2) is 5.36. The zero-order chi connectivity index (χ0) is 13.2. The number of thiazole rings is 1. The van der Waals surface area contributed by atoms with Gasteiger partial charge in [-0.05, 0) is 13.3 Å². The Hall–Kier alpha value is -0.950. The van der Waals surface area contributed by atoms with Crippen LogP contribution in [0.4, 0.5) is 0 Å². The maximum absolute atomic E-state index is 12.1. The lowest BCUT2D eigenvalue weighted by atomic mass is 10.2. The highest BCUT2D eigenvalue weighted by molar-refractivity contribution is 7.91. The summed E-state index contributed by atoms with van der Waals surface area (Å²) in [6.07, 6.45) is 0.812. The van der Waals surface area contributed by atoms with Crippen LogP contribution in [-0.2, 0) is 21.1 Å². The molecule has 1 aliphatic rings. The van der Waals surface area contributed by atoms with Gasteiger partial charge in [-0.1, -0.05) is 0 Å². The van der Waals surface area contributed by atoms with Crippen molar-refractivity contribution in [1.29, 1.82) is 0 Å². The normalized spacial score (nSPS) is 21.9. The lowest BCUT2D eigenvalue weighted by Crippen LogP contribution is -2.41. The minimum atomic E-state index is -2.95. The Morgan fingerprint density at radius 1 is 1.61 bits per heavy atom. The first-order valence-electron chi connectivity index (χ1n) is 5.89. The maximum atomic E-state index is 12.1. The Labute approximate surface area is 111 Å². The smallest absolute Gasteiger partial charge is 0.228 e. The molecular formula is C11H16N2O3S2. The first-order chi connectivity index (χ1) is 8.52. The molecule has 2 heterocycles. The van der Waals surface area contributed by atoms with Gasteiger partial charge in [0.25, 0.3) is 0 Å². The van der Waals surface area contributed by atoms with Crippen LogP contribution in [0.2, 0.25) is 0 Å². The molecule has 1 aromatic rings. The zero-order valence-corrected chi connectivity index (χ0v) is 11.8. The fourth-order valence-corrected chi connectivity index (χ4v) is 4.53. The van der Waals surface area contributed by atoms with E-state index >= 15 is 0 Å². The Bertz CT molecular complexity index is 510. The molecule has 1 atom stereocenters. The van der Waals surface area contributed by atoms with Gasteiger partial charge >= 0.3 is 0 Å².